The molecule has 0 bridgehead atoms. The number of nitrogens with two attached hydrogens (primary N) is 2. The van der Waals surface area contributed by atoms with Gasteiger partial charge in [-0.25, -0.2) is 28.7 Å². The molecule has 15 nitrogen and oxygen atoms in total. The van der Waals surface area contributed by atoms with Gasteiger partial charge < -0.3 is 26.3 Å². The zero-order chi connectivity index (χ0) is 38.1. The number of nitrogens with one attached hydrogen (secondary N) is 1. The Balaban J connectivity index is 0.000000244. The summed E-state index contributed by atoms with van der Waals surface area (Å²) in [5.41, 5.74) is 23.2. The molecule has 2 aromatic heterocycles. The Hall–Kier alpha value is -6.86. The Morgan fingerprint density at radius 2 is 1.21 bits per heavy atom. The number of amides is 1. The van der Waals surface area contributed by atoms with Gasteiger partial charge in [0.1, 0.15) is 11.2 Å². The number of azide groups is 1. The molecule has 5 rings (SSSR count). The molecule has 52 heavy (non-hydrogen) atoms. The van der Waals surface area contributed by atoms with Gasteiger partial charge in [-0.2, -0.15) is 0 Å². The van der Waals surface area contributed by atoms with E-state index in [0.717, 1.165) is 5.56 Å². The van der Waals surface area contributed by atoms with Crippen molar-refractivity contribution in [3.05, 3.63) is 113 Å². The van der Waals surface area contributed by atoms with Crippen LogP contribution in [0.2, 0.25) is 0 Å². The van der Waals surface area contributed by atoms with Crippen molar-refractivity contribution < 1.29 is 23.9 Å². The van der Waals surface area contributed by atoms with E-state index >= 15 is 0 Å². The van der Waals surface area contributed by atoms with Crippen molar-refractivity contribution in [1.29, 1.82) is 0 Å². The Morgan fingerprint density at radius 1 is 0.750 bits per heavy atom. The summed E-state index contributed by atoms with van der Waals surface area (Å²) in [7, 11) is 0. The number of imidazole rings is 2. The van der Waals surface area contributed by atoms with Crippen molar-refractivity contribution in [2.24, 2.45) is 5.11 Å². The maximum atomic E-state index is 12.5. The largest absolute Gasteiger partial charge is 0.443 e. The van der Waals surface area contributed by atoms with Crippen LogP contribution < -0.4 is 16.8 Å². The molecule has 0 aliphatic rings. The molecule has 0 aliphatic heterocycles. The second-order valence-corrected chi connectivity index (χ2v) is 13.2. The number of ether oxygens (including phenoxy) is 2. The fourth-order valence-electron chi connectivity index (χ4n) is 4.53. The highest BCUT2D eigenvalue weighted by Crippen LogP contribution is 2.27. The van der Waals surface area contributed by atoms with Crippen LogP contribution in [0.3, 0.4) is 0 Å². The van der Waals surface area contributed by atoms with Crippen molar-refractivity contribution in [2.45, 2.75) is 52.7 Å². The first kappa shape index (κ1) is 38.0. The standard InChI is InChI=1S/C23H24N4O3.C14H16N6O2/c1-23(2,3)30-22(29)27-19(15-25-21(27)24)17-10-12-18(13-11-17)26-20(28)14-9-16-7-5-4-6-8-16;1-14(2,3)22-13(21)20-11(8-17-12(20)15)9-4-6-10(7-5-9)18-19-16/h4-15H,1-3H3,(H2,24,25)(H,26,28);4-8H,1-3H3,(H2,15,17)/b14-9+;. The average molecular weight is 705 g/mol. The molecule has 1 amide bonds. The van der Waals surface area contributed by atoms with Crippen molar-refractivity contribution in [2.75, 3.05) is 16.8 Å². The number of aromatic nitrogens is 4. The lowest BCUT2D eigenvalue weighted by molar-refractivity contribution is -0.111. The second kappa shape index (κ2) is 16.2. The van der Waals surface area contributed by atoms with Gasteiger partial charge in [0, 0.05) is 33.5 Å². The Morgan fingerprint density at radius 3 is 1.65 bits per heavy atom. The van der Waals surface area contributed by atoms with Gasteiger partial charge in [-0.3, -0.25) is 4.79 Å². The van der Waals surface area contributed by atoms with Gasteiger partial charge in [0.05, 0.1) is 23.8 Å². The number of rotatable bonds is 6. The quantitative estimate of drug-likeness (QED) is 0.0667. The molecule has 268 valence electrons. The molecule has 0 aliphatic carbocycles. The van der Waals surface area contributed by atoms with E-state index in [1.54, 1.807) is 96.1 Å². The van der Waals surface area contributed by atoms with Gasteiger partial charge in [0.15, 0.2) is 0 Å². The lowest BCUT2D eigenvalue weighted by Gasteiger charge is -2.20. The summed E-state index contributed by atoms with van der Waals surface area (Å²) in [5, 5.41) is 6.29. The highest BCUT2D eigenvalue weighted by Gasteiger charge is 2.24. The molecule has 0 saturated heterocycles. The summed E-state index contributed by atoms with van der Waals surface area (Å²) in [4.78, 5) is 47.6. The van der Waals surface area contributed by atoms with Crippen LogP contribution in [-0.2, 0) is 14.3 Å². The zero-order valence-corrected chi connectivity index (χ0v) is 29.6. The van der Waals surface area contributed by atoms with Crippen molar-refractivity contribution in [3.8, 4) is 22.5 Å². The molecule has 0 atom stereocenters. The number of hydrogen-bond donors (Lipinski definition) is 3. The lowest BCUT2D eigenvalue weighted by Crippen LogP contribution is -2.28. The van der Waals surface area contributed by atoms with E-state index in [-0.39, 0.29) is 17.8 Å². The molecular formula is C37H40N10O5. The third-order valence-electron chi connectivity index (χ3n) is 6.73. The molecule has 0 radical (unpaired) electrons. The number of nitrogen functional groups attached to an aromatic ring is 2. The molecule has 0 unspecified atom stereocenters. The SMILES string of the molecule is CC(C)(C)OC(=O)n1c(-c2ccc(N=[N+]=[N-])cc2)cnc1N.CC(C)(C)OC(=O)n1c(-c2ccc(NC(=O)/C=C/c3ccccc3)cc2)cnc1N. The maximum absolute atomic E-state index is 12.5. The van der Waals surface area contributed by atoms with Crippen LogP contribution in [0.4, 0.5) is 32.9 Å². The molecule has 15 heteroatoms. The van der Waals surface area contributed by atoms with Crippen molar-refractivity contribution in [3.63, 3.8) is 0 Å². The predicted octanol–water partition coefficient (Wildman–Crippen LogP) is 8.42. The smallest absolute Gasteiger partial charge is 0.421 e. The fraction of sp³-hybridized carbons (Fsp3) is 0.216. The van der Waals surface area contributed by atoms with Crippen LogP contribution >= 0.6 is 0 Å². The van der Waals surface area contributed by atoms with Crippen molar-refractivity contribution >= 4 is 47.4 Å². The molecule has 2 heterocycles. The molecule has 3 aromatic carbocycles. The van der Waals surface area contributed by atoms with Crippen LogP contribution in [0.25, 0.3) is 39.0 Å². The summed E-state index contributed by atoms with van der Waals surface area (Å²) >= 11 is 0. The van der Waals surface area contributed by atoms with Gasteiger partial charge >= 0.3 is 12.2 Å². The number of nitrogens with zero attached hydrogens (tertiary/aromatic N) is 7. The first-order valence-electron chi connectivity index (χ1n) is 16.0. The Labute approximate surface area is 300 Å². The van der Waals surface area contributed by atoms with Gasteiger partial charge in [-0.1, -0.05) is 71.8 Å². The first-order chi connectivity index (χ1) is 24.5. The number of hydrogen-bond acceptors (Lipinski definition) is 10. The molecular weight excluding hydrogens is 664 g/mol. The summed E-state index contributed by atoms with van der Waals surface area (Å²) in [6.45, 7) is 10.6. The lowest BCUT2D eigenvalue weighted by atomic mass is 10.1. The minimum absolute atomic E-state index is 0.0441. The number of benzene rings is 3. The number of anilines is 3. The summed E-state index contributed by atoms with van der Waals surface area (Å²) in [6, 6.07) is 23.3. The van der Waals surface area contributed by atoms with E-state index in [4.69, 9.17) is 26.5 Å². The minimum Gasteiger partial charge on any atom is -0.443 e. The van der Waals surface area contributed by atoms with E-state index in [1.165, 1.54) is 27.6 Å². The van der Waals surface area contributed by atoms with Crippen molar-refractivity contribution in [1.82, 2.24) is 19.1 Å². The van der Waals surface area contributed by atoms with Gasteiger partial charge in [0.2, 0.25) is 17.8 Å². The predicted molar refractivity (Wildman–Crippen MR) is 200 cm³/mol. The second-order valence-electron chi connectivity index (χ2n) is 13.2. The first-order valence-corrected chi connectivity index (χ1v) is 16.0. The third kappa shape index (κ3) is 10.6. The summed E-state index contributed by atoms with van der Waals surface area (Å²) in [5.74, 6) is -0.152. The minimum atomic E-state index is -0.660. The molecule has 5 N–H and O–H groups in total. The van der Waals surface area contributed by atoms with Gasteiger partial charge in [-0.05, 0) is 70.8 Å². The Bertz CT molecular complexity index is 2100. The monoisotopic (exact) mass is 704 g/mol. The van der Waals surface area contributed by atoms with Crippen LogP contribution in [0.1, 0.15) is 47.1 Å². The number of carbonyl (C=O) groups excluding carboxylic acids is 3. The van der Waals surface area contributed by atoms with Crippen LogP contribution in [0.5, 0.6) is 0 Å². The average Bonchev–Trinajstić information content (AvgIpc) is 3.66. The van der Waals surface area contributed by atoms with E-state index < -0.39 is 23.4 Å². The van der Waals surface area contributed by atoms with Gasteiger partial charge in [0.25, 0.3) is 0 Å². The molecule has 0 fully saturated rings. The summed E-state index contributed by atoms with van der Waals surface area (Å²) in [6.07, 6.45) is 5.01. The zero-order valence-electron chi connectivity index (χ0n) is 29.6. The third-order valence-corrected chi connectivity index (χ3v) is 6.73. The van der Waals surface area contributed by atoms with Crippen LogP contribution in [0, 0.1) is 0 Å². The van der Waals surface area contributed by atoms with E-state index in [9.17, 15) is 14.4 Å². The van der Waals surface area contributed by atoms with E-state index in [1.807, 2.05) is 30.3 Å². The molecule has 5 aromatic rings. The number of carbonyl (C=O) groups is 3. The van der Waals surface area contributed by atoms with Crippen LogP contribution in [-0.4, -0.2) is 48.4 Å². The van der Waals surface area contributed by atoms with E-state index in [0.29, 0.717) is 33.9 Å². The maximum Gasteiger partial charge on any atom is 0.421 e. The molecule has 0 saturated carbocycles. The van der Waals surface area contributed by atoms with Crippen LogP contribution in [0.15, 0.2) is 102 Å². The van der Waals surface area contributed by atoms with E-state index in [2.05, 4.69) is 25.3 Å². The summed E-state index contributed by atoms with van der Waals surface area (Å²) < 4.78 is 13.2. The normalized spacial score (nSPS) is 11.2. The highest BCUT2D eigenvalue weighted by atomic mass is 16.6. The molecule has 0 spiro atoms. The van der Waals surface area contributed by atoms with Gasteiger partial charge in [-0.15, -0.1) is 0 Å². The fourth-order valence-corrected chi connectivity index (χ4v) is 4.53. The Kier molecular flexibility index (Phi) is 11.8. The highest BCUT2D eigenvalue weighted by molar-refractivity contribution is 6.02. The topological polar surface area (TPSA) is 218 Å².